The molecule has 2 aromatic carbocycles. The molecule has 5 nitrogen and oxygen atoms in total. The van der Waals surface area contributed by atoms with E-state index in [9.17, 15) is 9.59 Å². The number of benzene rings is 2. The second-order valence-corrected chi connectivity index (χ2v) is 9.55. The van der Waals surface area contributed by atoms with E-state index in [-0.39, 0.29) is 22.5 Å². The minimum Gasteiger partial charge on any atom is -0.493 e. The number of fused-ring (bicyclic) bond motifs is 1. The summed E-state index contributed by atoms with van der Waals surface area (Å²) in [6.07, 6.45) is 3.03. The third kappa shape index (κ3) is 4.67. The van der Waals surface area contributed by atoms with Crippen molar-refractivity contribution in [3.05, 3.63) is 64.2 Å². The first-order valence-corrected chi connectivity index (χ1v) is 10.9. The van der Waals surface area contributed by atoms with Crippen LogP contribution in [0.3, 0.4) is 0 Å². The van der Waals surface area contributed by atoms with E-state index in [1.165, 1.54) is 18.2 Å². The summed E-state index contributed by atoms with van der Waals surface area (Å²) in [7, 11) is 1.38. The lowest BCUT2D eigenvalue weighted by molar-refractivity contribution is 0.0537. The van der Waals surface area contributed by atoms with Gasteiger partial charge >= 0.3 is 0 Å². The van der Waals surface area contributed by atoms with Gasteiger partial charge in [0.1, 0.15) is 5.75 Å². The van der Waals surface area contributed by atoms with Gasteiger partial charge in [0.25, 0.3) is 5.91 Å². The fourth-order valence-corrected chi connectivity index (χ4v) is 4.18. The summed E-state index contributed by atoms with van der Waals surface area (Å²) in [5, 5.41) is 0. The highest BCUT2D eigenvalue weighted by molar-refractivity contribution is 6.11. The van der Waals surface area contributed by atoms with Crippen molar-refractivity contribution in [2.45, 2.75) is 64.7 Å². The Balaban J connectivity index is 2.06. The zero-order valence-corrected chi connectivity index (χ0v) is 19.4. The zero-order valence-electron chi connectivity index (χ0n) is 19.4. The molecule has 166 valence electrons. The van der Waals surface area contributed by atoms with Crippen LogP contribution in [-0.2, 0) is 15.7 Å². The Kier molecular flexibility index (Phi) is 6.56. The largest absolute Gasteiger partial charge is 0.493 e. The molecule has 1 aliphatic carbocycles. The number of hydrogen-bond donors (Lipinski definition) is 1. The number of ether oxygens (including phenoxy) is 1. The SMILES string of the molecule is CCCOc1cc2c(cc1C(=O)c1ccc(C(=O)NOC)cc1)C(C)(C)CCC2(C)C. The Morgan fingerprint density at radius 3 is 2.03 bits per heavy atom. The predicted molar refractivity (Wildman–Crippen MR) is 122 cm³/mol. The molecule has 0 spiro atoms. The van der Waals surface area contributed by atoms with Gasteiger partial charge < -0.3 is 4.74 Å². The van der Waals surface area contributed by atoms with Crippen molar-refractivity contribution in [2.24, 2.45) is 0 Å². The number of amides is 1. The zero-order chi connectivity index (χ0) is 22.8. The van der Waals surface area contributed by atoms with E-state index in [1.54, 1.807) is 24.3 Å². The third-order valence-corrected chi connectivity index (χ3v) is 6.26. The van der Waals surface area contributed by atoms with E-state index in [0.29, 0.717) is 29.0 Å². The Hall–Kier alpha value is -2.66. The maximum Gasteiger partial charge on any atom is 0.274 e. The van der Waals surface area contributed by atoms with E-state index in [1.807, 2.05) is 6.07 Å². The van der Waals surface area contributed by atoms with Crippen LogP contribution in [-0.4, -0.2) is 25.4 Å². The van der Waals surface area contributed by atoms with Crippen LogP contribution in [0.1, 0.15) is 91.3 Å². The summed E-state index contributed by atoms with van der Waals surface area (Å²) in [5.74, 6) is 0.176. The molecule has 0 unspecified atom stereocenters. The predicted octanol–water partition coefficient (Wildman–Crippen LogP) is 5.35. The van der Waals surface area contributed by atoms with Crippen molar-refractivity contribution in [1.29, 1.82) is 0 Å². The standard InChI is InChI=1S/C26H33NO4/c1-7-14-31-22-16-21-20(25(2,3)12-13-26(21,4)5)15-19(22)23(28)17-8-10-18(11-9-17)24(29)27-30-6/h8-11,15-16H,7,12-14H2,1-6H3,(H,27,29). The molecule has 31 heavy (non-hydrogen) atoms. The van der Waals surface area contributed by atoms with Gasteiger partial charge in [-0.05, 0) is 65.5 Å². The van der Waals surface area contributed by atoms with Crippen molar-refractivity contribution in [3.8, 4) is 5.75 Å². The lowest BCUT2D eigenvalue weighted by Gasteiger charge is -2.42. The Bertz CT molecular complexity index is 974. The topological polar surface area (TPSA) is 64.6 Å². The molecule has 2 aromatic rings. The highest BCUT2D eigenvalue weighted by Gasteiger charge is 2.38. The summed E-state index contributed by atoms with van der Waals surface area (Å²) in [6, 6.07) is 10.7. The van der Waals surface area contributed by atoms with Gasteiger partial charge in [0.2, 0.25) is 0 Å². The average Bonchev–Trinajstić information content (AvgIpc) is 2.75. The Labute approximate surface area is 185 Å². The van der Waals surface area contributed by atoms with Crippen molar-refractivity contribution < 1.29 is 19.2 Å². The van der Waals surface area contributed by atoms with Gasteiger partial charge in [-0.2, -0.15) is 0 Å². The number of hydroxylamine groups is 1. The van der Waals surface area contributed by atoms with Crippen LogP contribution in [0.5, 0.6) is 5.75 Å². The van der Waals surface area contributed by atoms with E-state index >= 15 is 0 Å². The van der Waals surface area contributed by atoms with Gasteiger partial charge in [-0.1, -0.05) is 46.8 Å². The summed E-state index contributed by atoms with van der Waals surface area (Å²) in [4.78, 5) is 30.1. The van der Waals surface area contributed by atoms with Crippen molar-refractivity contribution in [3.63, 3.8) is 0 Å². The number of hydrogen-bond acceptors (Lipinski definition) is 4. The summed E-state index contributed by atoms with van der Waals surface area (Å²) < 4.78 is 6.05. The molecule has 0 aliphatic heterocycles. The Morgan fingerprint density at radius 2 is 1.48 bits per heavy atom. The van der Waals surface area contributed by atoms with Crippen LogP contribution in [0.25, 0.3) is 0 Å². The van der Waals surface area contributed by atoms with Crippen molar-refractivity contribution >= 4 is 11.7 Å². The second-order valence-electron chi connectivity index (χ2n) is 9.55. The van der Waals surface area contributed by atoms with Crippen LogP contribution in [0.2, 0.25) is 0 Å². The van der Waals surface area contributed by atoms with Crippen LogP contribution in [0.4, 0.5) is 0 Å². The second kappa shape index (κ2) is 8.83. The smallest absolute Gasteiger partial charge is 0.274 e. The third-order valence-electron chi connectivity index (χ3n) is 6.26. The van der Waals surface area contributed by atoms with E-state index in [2.05, 4.69) is 51.0 Å². The van der Waals surface area contributed by atoms with Crippen LogP contribution in [0, 0.1) is 0 Å². The summed E-state index contributed by atoms with van der Waals surface area (Å²) >= 11 is 0. The van der Waals surface area contributed by atoms with E-state index in [4.69, 9.17) is 4.74 Å². The molecule has 0 bridgehead atoms. The maximum atomic E-state index is 13.5. The molecular formula is C26H33NO4. The normalized spacial score (nSPS) is 16.3. The van der Waals surface area contributed by atoms with Crippen LogP contribution in [0.15, 0.2) is 36.4 Å². The molecule has 3 rings (SSSR count). The highest BCUT2D eigenvalue weighted by Crippen LogP contribution is 2.48. The molecule has 1 amide bonds. The van der Waals surface area contributed by atoms with E-state index in [0.717, 1.165) is 19.3 Å². The van der Waals surface area contributed by atoms with Gasteiger partial charge in [-0.3, -0.25) is 14.4 Å². The maximum absolute atomic E-state index is 13.5. The quantitative estimate of drug-likeness (QED) is 0.482. The van der Waals surface area contributed by atoms with Crippen LogP contribution >= 0.6 is 0 Å². The van der Waals surface area contributed by atoms with Crippen molar-refractivity contribution in [1.82, 2.24) is 5.48 Å². The van der Waals surface area contributed by atoms with Crippen LogP contribution < -0.4 is 10.2 Å². The first-order valence-electron chi connectivity index (χ1n) is 10.9. The Morgan fingerprint density at radius 1 is 0.935 bits per heavy atom. The molecule has 0 saturated heterocycles. The van der Waals surface area contributed by atoms with E-state index < -0.39 is 0 Å². The summed E-state index contributed by atoms with van der Waals surface area (Å²) in [5.41, 5.74) is 6.30. The number of rotatable bonds is 7. The first-order chi connectivity index (χ1) is 14.6. The molecule has 0 fully saturated rings. The molecule has 0 radical (unpaired) electrons. The van der Waals surface area contributed by atoms with Crippen molar-refractivity contribution in [2.75, 3.05) is 13.7 Å². The van der Waals surface area contributed by atoms with Gasteiger partial charge in [-0.25, -0.2) is 5.48 Å². The first kappa shape index (κ1) is 23.0. The number of carbonyl (C=O) groups excluding carboxylic acids is 2. The minimum absolute atomic E-state index is 0.00866. The molecule has 0 saturated carbocycles. The molecule has 5 heteroatoms. The minimum atomic E-state index is -0.355. The number of nitrogens with one attached hydrogen (secondary N) is 1. The molecule has 0 aromatic heterocycles. The number of carbonyl (C=O) groups is 2. The fourth-order valence-electron chi connectivity index (χ4n) is 4.18. The summed E-state index contributed by atoms with van der Waals surface area (Å²) in [6.45, 7) is 11.6. The molecule has 1 aliphatic rings. The molecule has 0 heterocycles. The molecule has 0 atom stereocenters. The monoisotopic (exact) mass is 423 g/mol. The molecule has 1 N–H and O–H groups in total. The van der Waals surface area contributed by atoms with Gasteiger partial charge in [-0.15, -0.1) is 0 Å². The number of ketones is 1. The fraction of sp³-hybridized carbons (Fsp3) is 0.462. The average molecular weight is 424 g/mol. The van der Waals surface area contributed by atoms with Gasteiger partial charge in [0, 0.05) is 11.1 Å². The van der Waals surface area contributed by atoms with Gasteiger partial charge in [0.05, 0.1) is 19.3 Å². The lowest BCUT2D eigenvalue weighted by Crippen LogP contribution is -2.34. The van der Waals surface area contributed by atoms with Gasteiger partial charge in [0.15, 0.2) is 5.78 Å². The highest BCUT2D eigenvalue weighted by atomic mass is 16.6. The lowest BCUT2D eigenvalue weighted by atomic mass is 9.62. The molecular weight excluding hydrogens is 390 g/mol.